The van der Waals surface area contributed by atoms with Crippen LogP contribution in [-0.2, 0) is 18.9 Å². The zero-order valence-corrected chi connectivity index (χ0v) is 13.3. The fourth-order valence-electron chi connectivity index (χ4n) is 1.60. The fraction of sp³-hybridized carbons (Fsp3) is 0.727. The molecule has 12 nitrogen and oxygen atoms in total. The van der Waals surface area contributed by atoms with E-state index >= 15 is 0 Å². The largest absolute Gasteiger partial charge is 0.372 e. The molecule has 0 spiro atoms. The lowest BCUT2D eigenvalue weighted by atomic mass is 10.5. The van der Waals surface area contributed by atoms with Gasteiger partial charge in [0.15, 0.2) is 25.0 Å². The van der Waals surface area contributed by atoms with Crippen LogP contribution in [0.1, 0.15) is 0 Å². The second-order valence-corrected chi connectivity index (χ2v) is 4.10. The van der Waals surface area contributed by atoms with Crippen molar-refractivity contribution in [2.45, 2.75) is 25.0 Å². The Hall–Kier alpha value is -1.51. The number of hydrogen-bond acceptors (Lipinski definition) is 12. The normalized spacial score (nSPS) is 14.3. The van der Waals surface area contributed by atoms with Crippen LogP contribution < -0.4 is 16.0 Å². The molecule has 1 heterocycles. The van der Waals surface area contributed by atoms with Gasteiger partial charge < -0.3 is 29.2 Å². The lowest BCUT2D eigenvalue weighted by Gasteiger charge is -2.32. The van der Waals surface area contributed by atoms with E-state index < -0.39 is 25.0 Å². The van der Waals surface area contributed by atoms with Gasteiger partial charge in [-0.15, -0.1) is 0 Å². The number of aliphatic hydroxyl groups is 2. The number of nitrogens with zero attached hydrogens (tertiary/aromatic N) is 4. The molecule has 0 bridgehead atoms. The summed E-state index contributed by atoms with van der Waals surface area (Å²) in [7, 11) is 5.45. The molecular weight excluding hydrogens is 312 g/mol. The third-order valence-electron chi connectivity index (χ3n) is 2.65. The number of nitrogens with one attached hydrogen (secondary N) is 2. The molecule has 23 heavy (non-hydrogen) atoms. The van der Waals surface area contributed by atoms with Crippen molar-refractivity contribution in [2.75, 3.05) is 33.6 Å². The highest BCUT2D eigenvalue weighted by molar-refractivity contribution is 5.22. The Morgan fingerprint density at radius 2 is 1.26 bits per heavy atom. The Labute approximate surface area is 133 Å². The molecule has 2 atom stereocenters. The molecule has 1 rings (SSSR count). The van der Waals surface area contributed by atoms with E-state index in [1.165, 1.54) is 41.1 Å². The molecule has 0 aliphatic carbocycles. The standard InChI is InChI=1S/C11H22N6O6/c1-20-9(21-2)7(18)15-17(11-13-5-12-6-14-11)16-8(19)10(22-3)23-4/h5-10,15-16,18-19H,1-4H3. The highest BCUT2D eigenvalue weighted by atomic mass is 16.7. The summed E-state index contributed by atoms with van der Waals surface area (Å²) in [6, 6.07) is 0. The number of anilines is 1. The summed E-state index contributed by atoms with van der Waals surface area (Å²) in [5, 5.41) is 21.2. The van der Waals surface area contributed by atoms with E-state index in [9.17, 15) is 10.2 Å². The van der Waals surface area contributed by atoms with Gasteiger partial charge in [-0.05, 0) is 0 Å². The number of rotatable bonds is 11. The van der Waals surface area contributed by atoms with Crippen molar-refractivity contribution in [3.05, 3.63) is 12.7 Å². The van der Waals surface area contributed by atoms with E-state index in [4.69, 9.17) is 18.9 Å². The molecule has 1 aromatic heterocycles. The lowest BCUT2D eigenvalue weighted by molar-refractivity contribution is -0.184. The summed E-state index contributed by atoms with van der Waals surface area (Å²) in [5.41, 5.74) is 5.15. The molecule has 0 aliphatic heterocycles. The van der Waals surface area contributed by atoms with Crippen molar-refractivity contribution in [3.63, 3.8) is 0 Å². The Bertz CT molecular complexity index is 401. The Morgan fingerprint density at radius 1 is 0.870 bits per heavy atom. The maximum atomic E-state index is 10.0. The summed E-state index contributed by atoms with van der Waals surface area (Å²) in [6.45, 7) is 0. The van der Waals surface area contributed by atoms with Crippen LogP contribution in [0.4, 0.5) is 5.95 Å². The van der Waals surface area contributed by atoms with E-state index in [1.54, 1.807) is 0 Å². The van der Waals surface area contributed by atoms with Gasteiger partial charge in [-0.2, -0.15) is 20.8 Å². The predicted molar refractivity (Wildman–Crippen MR) is 76.2 cm³/mol. The zero-order chi connectivity index (χ0) is 17.2. The molecule has 132 valence electrons. The minimum Gasteiger partial charge on any atom is -0.372 e. The molecule has 12 heteroatoms. The Morgan fingerprint density at radius 3 is 1.61 bits per heavy atom. The van der Waals surface area contributed by atoms with Crippen LogP contribution in [0, 0.1) is 0 Å². The molecule has 0 saturated heterocycles. The van der Waals surface area contributed by atoms with E-state index in [-0.39, 0.29) is 5.95 Å². The summed E-state index contributed by atoms with van der Waals surface area (Å²) in [6.07, 6.45) is -2.06. The minimum absolute atomic E-state index is 0.0648. The molecular formula is C11H22N6O6. The number of hydrogen-bond donors (Lipinski definition) is 4. The van der Waals surface area contributed by atoms with E-state index in [2.05, 4.69) is 25.8 Å². The Kier molecular flexibility index (Phi) is 8.75. The average molecular weight is 334 g/mol. The third kappa shape index (κ3) is 5.89. The molecule has 0 saturated carbocycles. The summed E-state index contributed by atoms with van der Waals surface area (Å²) >= 11 is 0. The van der Waals surface area contributed by atoms with Gasteiger partial charge in [-0.3, -0.25) is 0 Å². The maximum absolute atomic E-state index is 10.0. The van der Waals surface area contributed by atoms with Gasteiger partial charge >= 0.3 is 0 Å². The minimum atomic E-state index is -1.30. The van der Waals surface area contributed by atoms with Gasteiger partial charge in [0.25, 0.3) is 5.95 Å². The maximum Gasteiger partial charge on any atom is 0.258 e. The molecule has 2 unspecified atom stereocenters. The van der Waals surface area contributed by atoms with Crippen molar-refractivity contribution >= 4 is 5.95 Å². The summed E-state index contributed by atoms with van der Waals surface area (Å²) < 4.78 is 19.8. The van der Waals surface area contributed by atoms with Crippen molar-refractivity contribution in [2.24, 2.45) is 0 Å². The van der Waals surface area contributed by atoms with E-state index in [1.807, 2.05) is 0 Å². The number of aliphatic hydroxyl groups excluding tert-OH is 2. The van der Waals surface area contributed by atoms with Crippen molar-refractivity contribution in [3.8, 4) is 0 Å². The van der Waals surface area contributed by atoms with Gasteiger partial charge in [-0.25, -0.2) is 10.1 Å². The number of methoxy groups -OCH3 is 4. The van der Waals surface area contributed by atoms with Gasteiger partial charge in [0.1, 0.15) is 12.7 Å². The van der Waals surface area contributed by atoms with Crippen LogP contribution in [0.25, 0.3) is 0 Å². The molecule has 0 radical (unpaired) electrons. The summed E-state index contributed by atoms with van der Waals surface area (Å²) in [5.74, 6) is 0.0648. The average Bonchev–Trinajstić information content (AvgIpc) is 2.57. The molecule has 4 N–H and O–H groups in total. The molecule has 0 aliphatic rings. The van der Waals surface area contributed by atoms with Crippen LogP contribution in [0.3, 0.4) is 0 Å². The monoisotopic (exact) mass is 334 g/mol. The first-order chi connectivity index (χ1) is 11.1. The van der Waals surface area contributed by atoms with Crippen LogP contribution in [0.5, 0.6) is 0 Å². The first-order valence-electron chi connectivity index (χ1n) is 6.49. The zero-order valence-electron chi connectivity index (χ0n) is 13.3. The second-order valence-electron chi connectivity index (χ2n) is 4.10. The van der Waals surface area contributed by atoms with E-state index in [0.717, 1.165) is 5.12 Å². The van der Waals surface area contributed by atoms with Gasteiger partial charge in [0.05, 0.1) is 0 Å². The first-order valence-corrected chi connectivity index (χ1v) is 6.49. The van der Waals surface area contributed by atoms with Crippen LogP contribution in [-0.4, -0.2) is 78.6 Å². The second kappa shape index (κ2) is 10.3. The van der Waals surface area contributed by atoms with E-state index in [0.29, 0.717) is 0 Å². The molecule has 0 fully saturated rings. The smallest absolute Gasteiger partial charge is 0.258 e. The quantitative estimate of drug-likeness (QED) is 0.252. The number of aromatic nitrogens is 3. The van der Waals surface area contributed by atoms with Gasteiger partial charge in [0, 0.05) is 28.4 Å². The topological polar surface area (TPSA) is 143 Å². The molecule has 1 aromatic rings. The fourth-order valence-corrected chi connectivity index (χ4v) is 1.60. The Balaban J connectivity index is 2.86. The van der Waals surface area contributed by atoms with Crippen molar-refractivity contribution < 1.29 is 29.2 Å². The molecule has 0 amide bonds. The van der Waals surface area contributed by atoms with Crippen molar-refractivity contribution in [1.29, 1.82) is 0 Å². The van der Waals surface area contributed by atoms with Gasteiger partial charge in [-0.1, -0.05) is 0 Å². The van der Waals surface area contributed by atoms with Crippen LogP contribution in [0.2, 0.25) is 0 Å². The van der Waals surface area contributed by atoms with Crippen LogP contribution >= 0.6 is 0 Å². The highest BCUT2D eigenvalue weighted by Gasteiger charge is 2.26. The van der Waals surface area contributed by atoms with Gasteiger partial charge in [0.2, 0.25) is 0 Å². The number of ether oxygens (including phenoxy) is 4. The number of hydrazine groups is 2. The highest BCUT2D eigenvalue weighted by Crippen LogP contribution is 2.05. The SMILES string of the molecule is COC(OC)C(O)NN(NC(O)C(OC)OC)c1ncncn1. The van der Waals surface area contributed by atoms with Crippen LogP contribution in [0.15, 0.2) is 12.7 Å². The lowest BCUT2D eigenvalue weighted by Crippen LogP contribution is -2.62. The summed E-state index contributed by atoms with van der Waals surface area (Å²) in [4.78, 5) is 11.5. The predicted octanol–water partition coefficient (Wildman–Crippen LogP) is -2.44. The third-order valence-corrected chi connectivity index (χ3v) is 2.65. The first kappa shape index (κ1) is 19.5. The molecule has 0 aromatic carbocycles. The van der Waals surface area contributed by atoms with Crippen molar-refractivity contribution in [1.82, 2.24) is 25.8 Å².